The van der Waals surface area contributed by atoms with Crippen LogP contribution in [0.25, 0.3) is 0 Å². The Kier molecular flexibility index (Phi) is 6.11. The summed E-state index contributed by atoms with van der Waals surface area (Å²) >= 11 is 6.08. The molecule has 0 radical (unpaired) electrons. The summed E-state index contributed by atoms with van der Waals surface area (Å²) in [7, 11) is 2.86. The van der Waals surface area contributed by atoms with E-state index in [1.807, 2.05) is 0 Å². The van der Waals surface area contributed by atoms with E-state index in [2.05, 4.69) is 10.5 Å². The highest BCUT2D eigenvalue weighted by atomic mass is 35.5. The average molecular weight is 404 g/mol. The van der Waals surface area contributed by atoms with Crippen molar-refractivity contribution in [2.75, 3.05) is 19.6 Å². The van der Waals surface area contributed by atoms with Crippen LogP contribution in [-0.4, -0.2) is 25.4 Å². The van der Waals surface area contributed by atoms with E-state index in [-0.39, 0.29) is 10.7 Å². The Morgan fingerprint density at radius 3 is 2.37 bits per heavy atom. The second-order valence-electron chi connectivity index (χ2n) is 5.09. The lowest BCUT2D eigenvalue weighted by Gasteiger charge is -2.10. The fourth-order valence-corrected chi connectivity index (χ4v) is 2.30. The number of hydrazone groups is 1. The molecule has 0 amide bonds. The number of alkyl halides is 3. The van der Waals surface area contributed by atoms with Gasteiger partial charge in [-0.2, -0.15) is 18.3 Å². The summed E-state index contributed by atoms with van der Waals surface area (Å²) in [5.74, 6) is 0.773. The van der Waals surface area contributed by atoms with E-state index in [1.54, 1.807) is 0 Å². The smallest absolute Gasteiger partial charge is 0.416 e. The van der Waals surface area contributed by atoms with Crippen LogP contribution in [0, 0.1) is 10.1 Å². The lowest BCUT2D eigenvalue weighted by atomic mass is 10.1. The van der Waals surface area contributed by atoms with Gasteiger partial charge in [-0.1, -0.05) is 11.6 Å². The summed E-state index contributed by atoms with van der Waals surface area (Å²) in [4.78, 5) is 10.1. The first kappa shape index (κ1) is 20.3. The number of benzene rings is 2. The third kappa shape index (κ3) is 4.79. The van der Waals surface area contributed by atoms with Crippen LogP contribution in [-0.2, 0) is 6.18 Å². The Bertz CT molecular complexity index is 888. The van der Waals surface area contributed by atoms with Crippen molar-refractivity contribution in [3.05, 3.63) is 56.6 Å². The number of hydrogen-bond donors (Lipinski definition) is 1. The highest BCUT2D eigenvalue weighted by Crippen LogP contribution is 2.35. The van der Waals surface area contributed by atoms with Crippen LogP contribution in [0.1, 0.15) is 11.1 Å². The largest absolute Gasteiger partial charge is 0.493 e. The van der Waals surface area contributed by atoms with Crippen molar-refractivity contribution in [3.63, 3.8) is 0 Å². The summed E-state index contributed by atoms with van der Waals surface area (Å²) < 4.78 is 48.3. The summed E-state index contributed by atoms with van der Waals surface area (Å²) in [5.41, 5.74) is 0.640. The monoisotopic (exact) mass is 403 g/mol. The molecule has 0 heterocycles. The van der Waals surface area contributed by atoms with Gasteiger partial charge in [0.25, 0.3) is 5.69 Å². The molecule has 2 aromatic carbocycles. The summed E-state index contributed by atoms with van der Waals surface area (Å²) in [6, 6.07) is 5.08. The zero-order chi connectivity index (χ0) is 20.2. The van der Waals surface area contributed by atoms with E-state index in [1.165, 1.54) is 32.6 Å². The minimum absolute atomic E-state index is 0.208. The van der Waals surface area contributed by atoms with E-state index < -0.39 is 22.4 Å². The highest BCUT2D eigenvalue weighted by Gasteiger charge is 2.33. The Morgan fingerprint density at radius 1 is 1.19 bits per heavy atom. The Balaban J connectivity index is 2.30. The van der Waals surface area contributed by atoms with Crippen LogP contribution in [0.2, 0.25) is 5.02 Å². The fraction of sp³-hybridized carbons (Fsp3) is 0.188. The van der Waals surface area contributed by atoms with Gasteiger partial charge in [0.1, 0.15) is 5.69 Å². The first-order valence-electron chi connectivity index (χ1n) is 7.23. The van der Waals surface area contributed by atoms with Gasteiger partial charge in [0.2, 0.25) is 0 Å². The Labute approximate surface area is 156 Å². The summed E-state index contributed by atoms with van der Waals surface area (Å²) in [6.45, 7) is 0. The molecule has 2 rings (SSSR count). The number of nitrogens with one attached hydrogen (secondary N) is 1. The average Bonchev–Trinajstić information content (AvgIpc) is 2.61. The minimum Gasteiger partial charge on any atom is -0.493 e. The quantitative estimate of drug-likeness (QED) is 0.428. The molecule has 2 aromatic rings. The van der Waals surface area contributed by atoms with Crippen LogP contribution < -0.4 is 14.9 Å². The van der Waals surface area contributed by atoms with Crippen molar-refractivity contribution in [1.82, 2.24) is 0 Å². The maximum absolute atomic E-state index is 12.7. The normalized spacial score (nSPS) is 11.5. The van der Waals surface area contributed by atoms with Gasteiger partial charge >= 0.3 is 6.18 Å². The lowest BCUT2D eigenvalue weighted by molar-refractivity contribution is -0.384. The molecule has 7 nitrogen and oxygen atoms in total. The van der Waals surface area contributed by atoms with Gasteiger partial charge < -0.3 is 9.47 Å². The molecule has 0 saturated heterocycles. The van der Waals surface area contributed by atoms with Crippen LogP contribution in [0.15, 0.2) is 35.4 Å². The topological polar surface area (TPSA) is 86.0 Å². The van der Waals surface area contributed by atoms with E-state index in [4.69, 9.17) is 21.1 Å². The van der Waals surface area contributed by atoms with Crippen LogP contribution in [0.3, 0.4) is 0 Å². The first-order valence-corrected chi connectivity index (χ1v) is 7.61. The molecular formula is C16H13ClF3N3O4. The molecule has 27 heavy (non-hydrogen) atoms. The molecule has 0 unspecified atom stereocenters. The summed E-state index contributed by atoms with van der Waals surface area (Å²) in [5, 5.41) is 15.1. The number of hydrogen-bond acceptors (Lipinski definition) is 6. The number of nitro benzene ring substituents is 1. The van der Waals surface area contributed by atoms with Crippen LogP contribution >= 0.6 is 11.6 Å². The van der Waals surface area contributed by atoms with Crippen molar-refractivity contribution in [2.24, 2.45) is 5.10 Å². The van der Waals surface area contributed by atoms with Gasteiger partial charge in [0.15, 0.2) is 11.5 Å². The second-order valence-corrected chi connectivity index (χ2v) is 5.49. The zero-order valence-electron chi connectivity index (χ0n) is 14.0. The van der Waals surface area contributed by atoms with E-state index >= 15 is 0 Å². The number of halogens is 4. The van der Waals surface area contributed by atoms with E-state index in [9.17, 15) is 23.3 Å². The van der Waals surface area contributed by atoms with Gasteiger partial charge in [-0.25, -0.2) is 0 Å². The number of nitrogens with zero attached hydrogens (tertiary/aromatic N) is 2. The third-order valence-electron chi connectivity index (χ3n) is 3.41. The highest BCUT2D eigenvalue weighted by molar-refractivity contribution is 6.33. The molecular weight excluding hydrogens is 391 g/mol. The predicted octanol–water partition coefficient (Wildman–Crippen LogP) is 4.73. The lowest BCUT2D eigenvalue weighted by Crippen LogP contribution is -2.06. The number of anilines is 1. The Hall–Kier alpha value is -3.01. The number of rotatable bonds is 6. The molecule has 0 fully saturated rings. The third-order valence-corrected chi connectivity index (χ3v) is 3.74. The molecule has 0 aliphatic rings. The maximum atomic E-state index is 12.7. The molecule has 0 aromatic heterocycles. The molecule has 1 N–H and O–H groups in total. The maximum Gasteiger partial charge on any atom is 0.416 e. The Morgan fingerprint density at radius 2 is 1.81 bits per heavy atom. The van der Waals surface area contributed by atoms with Gasteiger partial charge in [0.05, 0.1) is 35.9 Å². The first-order chi connectivity index (χ1) is 12.7. The standard InChI is InChI=1S/C16H13ClF3N3O4/c1-26-14-5-9(11(17)7-15(14)27-2)8-21-22-12-4-3-10(16(18,19)20)6-13(12)23(24)25/h3-8,22H,1-2H3/b21-8-. The SMILES string of the molecule is COc1cc(Cl)c(/C=N\Nc2ccc(C(F)(F)F)cc2[N+](=O)[O-])cc1OC. The molecule has 144 valence electrons. The molecule has 0 spiro atoms. The molecule has 0 aliphatic carbocycles. The number of ether oxygens (including phenoxy) is 2. The van der Waals surface area contributed by atoms with Crippen molar-refractivity contribution in [1.29, 1.82) is 0 Å². The van der Waals surface area contributed by atoms with Gasteiger partial charge in [-0.3, -0.25) is 15.5 Å². The number of methoxy groups -OCH3 is 2. The predicted molar refractivity (Wildman–Crippen MR) is 93.9 cm³/mol. The van der Waals surface area contributed by atoms with Gasteiger partial charge in [-0.05, 0) is 18.2 Å². The zero-order valence-corrected chi connectivity index (χ0v) is 14.8. The number of nitro groups is 1. The second kappa shape index (κ2) is 8.12. The van der Waals surface area contributed by atoms with Crippen molar-refractivity contribution >= 4 is 29.2 Å². The van der Waals surface area contributed by atoms with Crippen molar-refractivity contribution in [3.8, 4) is 11.5 Å². The van der Waals surface area contributed by atoms with E-state index in [0.717, 1.165) is 6.07 Å². The molecule has 11 heteroatoms. The molecule has 0 atom stereocenters. The van der Waals surface area contributed by atoms with Gasteiger partial charge in [-0.15, -0.1) is 0 Å². The molecule has 0 saturated carbocycles. The van der Waals surface area contributed by atoms with Crippen LogP contribution in [0.4, 0.5) is 24.5 Å². The van der Waals surface area contributed by atoms with Crippen molar-refractivity contribution in [2.45, 2.75) is 6.18 Å². The van der Waals surface area contributed by atoms with Crippen molar-refractivity contribution < 1.29 is 27.6 Å². The molecule has 0 aliphatic heterocycles. The molecule has 0 bridgehead atoms. The minimum atomic E-state index is -4.69. The van der Waals surface area contributed by atoms with Crippen LogP contribution in [0.5, 0.6) is 11.5 Å². The summed E-state index contributed by atoms with van der Waals surface area (Å²) in [6.07, 6.45) is -3.45. The fourth-order valence-electron chi connectivity index (χ4n) is 2.09. The van der Waals surface area contributed by atoms with Gasteiger partial charge in [0, 0.05) is 17.7 Å². The van der Waals surface area contributed by atoms with E-state index in [0.29, 0.717) is 29.2 Å².